The van der Waals surface area contributed by atoms with Crippen LogP contribution < -0.4 is 0 Å². The maximum atomic E-state index is 12.6. The molecule has 0 saturated carbocycles. The minimum absolute atomic E-state index is 0.500. The molecule has 2 aromatic rings. The molecule has 1 nitrogen and oxygen atoms in total. The average molecular weight is 285 g/mol. The van der Waals surface area contributed by atoms with Crippen LogP contribution in [0.5, 0.6) is 0 Å². The largest absolute Gasteiger partial charge is 0.416 e. The maximum Gasteiger partial charge on any atom is 0.416 e. The third kappa shape index (κ3) is 4.08. The van der Waals surface area contributed by atoms with Crippen LogP contribution >= 0.6 is 11.3 Å². The van der Waals surface area contributed by atoms with Crippen LogP contribution in [0.3, 0.4) is 0 Å². The molecule has 1 aromatic heterocycles. The highest BCUT2D eigenvalue weighted by Gasteiger charge is 2.30. The van der Waals surface area contributed by atoms with Gasteiger partial charge in [0.05, 0.1) is 5.56 Å². The first-order valence-corrected chi connectivity index (χ1v) is 6.75. The summed E-state index contributed by atoms with van der Waals surface area (Å²) in [6.45, 7) is 1.24. The lowest BCUT2D eigenvalue weighted by atomic mass is 10.1. The lowest BCUT2D eigenvalue weighted by Crippen LogP contribution is -2.17. The highest BCUT2D eigenvalue weighted by atomic mass is 32.1. The van der Waals surface area contributed by atoms with Gasteiger partial charge in [-0.05, 0) is 41.1 Å². The molecule has 0 atom stereocenters. The van der Waals surface area contributed by atoms with Crippen molar-refractivity contribution < 1.29 is 13.2 Å². The number of thiophene rings is 1. The van der Waals surface area contributed by atoms with E-state index in [1.807, 2.05) is 28.8 Å². The van der Waals surface area contributed by atoms with E-state index in [0.717, 1.165) is 12.6 Å². The van der Waals surface area contributed by atoms with Gasteiger partial charge in [0.2, 0.25) is 0 Å². The Labute approximate surface area is 114 Å². The average Bonchev–Trinajstić information content (AvgIpc) is 2.80. The molecule has 1 heterocycles. The fourth-order valence-electron chi connectivity index (χ4n) is 1.91. The fraction of sp³-hybridized carbons (Fsp3) is 0.286. The van der Waals surface area contributed by atoms with Gasteiger partial charge in [-0.1, -0.05) is 18.2 Å². The number of alkyl halides is 3. The third-order valence-electron chi connectivity index (χ3n) is 2.74. The Bertz CT molecular complexity index is 520. The van der Waals surface area contributed by atoms with Gasteiger partial charge < -0.3 is 0 Å². The van der Waals surface area contributed by atoms with E-state index in [4.69, 9.17) is 0 Å². The maximum absolute atomic E-state index is 12.6. The van der Waals surface area contributed by atoms with Gasteiger partial charge in [-0.2, -0.15) is 24.5 Å². The van der Waals surface area contributed by atoms with Crippen LogP contribution in [0.25, 0.3) is 0 Å². The highest BCUT2D eigenvalue weighted by molar-refractivity contribution is 7.07. The first-order chi connectivity index (χ1) is 8.95. The third-order valence-corrected chi connectivity index (χ3v) is 3.47. The fourth-order valence-corrected chi connectivity index (χ4v) is 2.57. The Kier molecular flexibility index (Phi) is 4.27. The predicted octanol–water partition coefficient (Wildman–Crippen LogP) is 4.40. The number of rotatable bonds is 4. The minimum atomic E-state index is -4.28. The van der Waals surface area contributed by atoms with E-state index >= 15 is 0 Å². The summed E-state index contributed by atoms with van der Waals surface area (Å²) in [6.07, 6.45) is -4.28. The number of nitrogens with zero attached hydrogens (tertiary/aromatic N) is 1. The second-order valence-corrected chi connectivity index (χ2v) is 5.28. The van der Waals surface area contributed by atoms with Crippen LogP contribution in [0.4, 0.5) is 13.2 Å². The van der Waals surface area contributed by atoms with Crippen molar-refractivity contribution in [1.29, 1.82) is 0 Å². The molecule has 1 aromatic carbocycles. The second kappa shape index (κ2) is 5.75. The Hall–Kier alpha value is -1.33. The smallest absolute Gasteiger partial charge is 0.298 e. The van der Waals surface area contributed by atoms with Crippen LogP contribution in [0.2, 0.25) is 0 Å². The van der Waals surface area contributed by atoms with Crippen molar-refractivity contribution in [3.63, 3.8) is 0 Å². The molecule has 19 heavy (non-hydrogen) atoms. The molecular weight excluding hydrogens is 271 g/mol. The van der Waals surface area contributed by atoms with Gasteiger partial charge in [0.15, 0.2) is 0 Å². The first-order valence-electron chi connectivity index (χ1n) is 5.81. The molecule has 2 rings (SSSR count). The van der Waals surface area contributed by atoms with Crippen LogP contribution in [-0.2, 0) is 19.3 Å². The SMILES string of the molecule is CN(Cc1ccsc1)Cc1cccc(C(F)(F)F)c1. The summed E-state index contributed by atoms with van der Waals surface area (Å²) >= 11 is 1.62. The highest BCUT2D eigenvalue weighted by Crippen LogP contribution is 2.29. The zero-order chi connectivity index (χ0) is 13.9. The summed E-state index contributed by atoms with van der Waals surface area (Å²) in [5, 5.41) is 4.04. The van der Waals surface area contributed by atoms with Crippen LogP contribution in [0.1, 0.15) is 16.7 Å². The van der Waals surface area contributed by atoms with Crippen LogP contribution in [0, 0.1) is 0 Å². The zero-order valence-corrected chi connectivity index (χ0v) is 11.3. The van der Waals surface area contributed by atoms with Crippen molar-refractivity contribution in [3.05, 3.63) is 57.8 Å². The molecule has 0 aliphatic heterocycles. The van der Waals surface area contributed by atoms with Gasteiger partial charge in [-0.3, -0.25) is 4.90 Å². The van der Waals surface area contributed by atoms with E-state index in [-0.39, 0.29) is 0 Å². The number of hydrogen-bond donors (Lipinski definition) is 0. The van der Waals surface area contributed by atoms with E-state index in [2.05, 4.69) is 0 Å². The van der Waals surface area contributed by atoms with E-state index < -0.39 is 11.7 Å². The monoisotopic (exact) mass is 285 g/mol. The van der Waals surface area contributed by atoms with Gasteiger partial charge in [-0.25, -0.2) is 0 Å². The molecule has 0 aliphatic carbocycles. The van der Waals surface area contributed by atoms with Gasteiger partial charge in [0.1, 0.15) is 0 Å². The molecule has 0 saturated heterocycles. The van der Waals surface area contributed by atoms with Crippen molar-refractivity contribution >= 4 is 11.3 Å². The van der Waals surface area contributed by atoms with Gasteiger partial charge in [0, 0.05) is 13.1 Å². The summed E-state index contributed by atoms with van der Waals surface area (Å²) in [4.78, 5) is 2.00. The Morgan fingerprint density at radius 1 is 1.11 bits per heavy atom. The standard InChI is InChI=1S/C14H14F3NS/c1-18(9-12-5-6-19-10-12)8-11-3-2-4-13(7-11)14(15,16)17/h2-7,10H,8-9H2,1H3. The normalized spacial score (nSPS) is 12.1. The minimum Gasteiger partial charge on any atom is -0.298 e. The molecule has 0 N–H and O–H groups in total. The van der Waals surface area contributed by atoms with E-state index in [9.17, 15) is 13.2 Å². The van der Waals surface area contributed by atoms with Crippen molar-refractivity contribution in [3.8, 4) is 0 Å². The molecule has 0 fully saturated rings. The number of benzene rings is 1. The molecule has 0 aliphatic rings. The summed E-state index contributed by atoms with van der Waals surface area (Å²) in [6, 6.07) is 7.51. The van der Waals surface area contributed by atoms with E-state index in [1.54, 1.807) is 17.4 Å². The quantitative estimate of drug-likeness (QED) is 0.805. The molecule has 0 unspecified atom stereocenters. The van der Waals surface area contributed by atoms with Crippen molar-refractivity contribution in [2.45, 2.75) is 19.3 Å². The Morgan fingerprint density at radius 3 is 2.47 bits per heavy atom. The topological polar surface area (TPSA) is 3.24 Å². The molecule has 0 radical (unpaired) electrons. The first kappa shape index (κ1) is 14.1. The van der Waals surface area contributed by atoms with Crippen LogP contribution in [0.15, 0.2) is 41.1 Å². The van der Waals surface area contributed by atoms with Gasteiger partial charge in [-0.15, -0.1) is 0 Å². The summed E-state index contributed by atoms with van der Waals surface area (Å²) < 4.78 is 37.8. The van der Waals surface area contributed by atoms with Crippen molar-refractivity contribution in [2.75, 3.05) is 7.05 Å². The summed E-state index contributed by atoms with van der Waals surface area (Å²) in [5.41, 5.74) is 1.26. The Morgan fingerprint density at radius 2 is 1.84 bits per heavy atom. The molecular formula is C14H14F3NS. The summed E-state index contributed by atoms with van der Waals surface area (Å²) in [5.74, 6) is 0. The predicted molar refractivity (Wildman–Crippen MR) is 70.9 cm³/mol. The molecule has 0 amide bonds. The molecule has 0 spiro atoms. The van der Waals surface area contributed by atoms with Crippen LogP contribution in [-0.4, -0.2) is 11.9 Å². The van der Waals surface area contributed by atoms with Crippen molar-refractivity contribution in [2.24, 2.45) is 0 Å². The molecule has 0 bridgehead atoms. The van der Waals surface area contributed by atoms with E-state index in [1.165, 1.54) is 17.7 Å². The molecule has 5 heteroatoms. The lowest BCUT2D eigenvalue weighted by Gasteiger charge is -2.17. The summed E-state index contributed by atoms with van der Waals surface area (Å²) in [7, 11) is 1.90. The lowest BCUT2D eigenvalue weighted by molar-refractivity contribution is -0.137. The number of hydrogen-bond acceptors (Lipinski definition) is 2. The zero-order valence-electron chi connectivity index (χ0n) is 10.4. The van der Waals surface area contributed by atoms with Crippen molar-refractivity contribution in [1.82, 2.24) is 4.90 Å². The Balaban J connectivity index is 2.03. The molecule has 102 valence electrons. The number of halogens is 3. The second-order valence-electron chi connectivity index (χ2n) is 4.50. The van der Waals surface area contributed by atoms with E-state index in [0.29, 0.717) is 12.1 Å². The van der Waals surface area contributed by atoms with Gasteiger partial charge >= 0.3 is 6.18 Å². The van der Waals surface area contributed by atoms with Gasteiger partial charge in [0.25, 0.3) is 0 Å².